The Morgan fingerprint density at radius 1 is 0.605 bits per heavy atom. The smallest absolute Gasteiger partial charge is 0.408 e. The monoisotopic (exact) mass is 576 g/mol. The Hall–Kier alpha value is -5.11. The molecule has 8 heteroatoms. The average Bonchev–Trinajstić information content (AvgIpc) is 3.51. The van der Waals surface area contributed by atoms with Crippen LogP contribution in [0.3, 0.4) is 0 Å². The largest absolute Gasteiger partial charge is 0.481 e. The average molecular weight is 577 g/mol. The van der Waals surface area contributed by atoms with Gasteiger partial charge in [0, 0.05) is 18.3 Å². The molecule has 0 aromatic heterocycles. The molecule has 3 N–H and O–H groups in total. The summed E-state index contributed by atoms with van der Waals surface area (Å²) in [6, 6.07) is 32.2. The standard InChI is InChI=1S/C35H32N2O6/c38-33(39)19-9-18-32(36-34(40)42-20-30-26-14-5-1-10-22(26)23-11-2-6-15-27(23)30)37-35(41)43-21-31-28-16-7-3-12-24(28)25-13-4-8-17-29(25)31/h1-8,10-17,30-32H,9,18-21H2,(H,36,40)(H,37,41)(H,38,39). The van der Waals surface area contributed by atoms with Gasteiger partial charge in [0.15, 0.2) is 0 Å². The van der Waals surface area contributed by atoms with Crippen LogP contribution < -0.4 is 10.6 Å². The molecule has 0 spiro atoms. The molecular formula is C35H32N2O6. The van der Waals surface area contributed by atoms with E-state index in [0.29, 0.717) is 0 Å². The predicted octanol–water partition coefficient (Wildman–Crippen LogP) is 6.64. The van der Waals surface area contributed by atoms with Gasteiger partial charge in [-0.15, -0.1) is 0 Å². The summed E-state index contributed by atoms with van der Waals surface area (Å²) in [5.41, 5.74) is 8.84. The van der Waals surface area contributed by atoms with E-state index >= 15 is 0 Å². The first kappa shape index (κ1) is 28.0. The molecule has 218 valence electrons. The molecular weight excluding hydrogens is 544 g/mol. The fraction of sp³-hybridized carbons (Fsp3) is 0.229. The number of hydrogen-bond acceptors (Lipinski definition) is 5. The molecule has 2 amide bonds. The maximum Gasteiger partial charge on any atom is 0.408 e. The van der Waals surface area contributed by atoms with Crippen LogP contribution in [0.1, 0.15) is 53.4 Å². The van der Waals surface area contributed by atoms with Gasteiger partial charge in [0.25, 0.3) is 0 Å². The highest BCUT2D eigenvalue weighted by Gasteiger charge is 2.31. The van der Waals surface area contributed by atoms with Gasteiger partial charge in [-0.25, -0.2) is 9.59 Å². The lowest BCUT2D eigenvalue weighted by Crippen LogP contribution is -2.48. The summed E-state index contributed by atoms with van der Waals surface area (Å²) < 4.78 is 11.3. The molecule has 0 fully saturated rings. The number of hydrogen-bond donors (Lipinski definition) is 3. The third kappa shape index (κ3) is 5.95. The van der Waals surface area contributed by atoms with Crippen molar-refractivity contribution in [2.75, 3.05) is 13.2 Å². The highest BCUT2D eigenvalue weighted by molar-refractivity contribution is 5.80. The first-order chi connectivity index (χ1) is 21.0. The zero-order chi connectivity index (χ0) is 29.8. The van der Waals surface area contributed by atoms with E-state index < -0.39 is 24.3 Å². The van der Waals surface area contributed by atoms with Gasteiger partial charge in [-0.1, -0.05) is 97.1 Å². The van der Waals surface area contributed by atoms with E-state index in [4.69, 9.17) is 14.6 Å². The molecule has 0 saturated carbocycles. The van der Waals surface area contributed by atoms with Gasteiger partial charge in [0.2, 0.25) is 0 Å². The van der Waals surface area contributed by atoms with Crippen LogP contribution in [-0.4, -0.2) is 42.6 Å². The first-order valence-corrected chi connectivity index (χ1v) is 14.4. The van der Waals surface area contributed by atoms with Gasteiger partial charge in [-0.05, 0) is 57.3 Å². The number of ether oxygens (including phenoxy) is 2. The van der Waals surface area contributed by atoms with Crippen LogP contribution in [0.25, 0.3) is 22.3 Å². The summed E-state index contributed by atoms with van der Waals surface area (Å²) in [5, 5.41) is 14.5. The lowest BCUT2D eigenvalue weighted by Gasteiger charge is -2.21. The zero-order valence-corrected chi connectivity index (χ0v) is 23.5. The van der Waals surface area contributed by atoms with Crippen LogP contribution >= 0.6 is 0 Å². The number of aliphatic carboxylic acids is 1. The van der Waals surface area contributed by atoms with Crippen LogP contribution in [-0.2, 0) is 14.3 Å². The second kappa shape index (κ2) is 12.4. The highest BCUT2D eigenvalue weighted by Crippen LogP contribution is 2.45. The van der Waals surface area contributed by atoms with Gasteiger partial charge >= 0.3 is 18.2 Å². The number of carboxylic acid groups (broad SMARTS) is 1. The molecule has 0 saturated heterocycles. The number of amides is 2. The zero-order valence-electron chi connectivity index (χ0n) is 23.5. The Morgan fingerprint density at radius 3 is 1.30 bits per heavy atom. The third-order valence-electron chi connectivity index (χ3n) is 8.15. The van der Waals surface area contributed by atoms with Crippen molar-refractivity contribution >= 4 is 18.2 Å². The van der Waals surface area contributed by atoms with Gasteiger partial charge in [-0.2, -0.15) is 0 Å². The molecule has 2 aliphatic rings. The molecule has 0 aliphatic heterocycles. The summed E-state index contributed by atoms with van der Waals surface area (Å²) in [4.78, 5) is 36.9. The van der Waals surface area contributed by atoms with E-state index in [-0.39, 0.29) is 44.3 Å². The Labute approximate surface area is 249 Å². The van der Waals surface area contributed by atoms with Crippen molar-refractivity contribution in [2.45, 2.75) is 37.3 Å². The van der Waals surface area contributed by atoms with Crippen LogP contribution in [0, 0.1) is 0 Å². The Bertz CT molecular complexity index is 1460. The molecule has 0 bridgehead atoms. The molecule has 4 aromatic rings. The third-order valence-corrected chi connectivity index (χ3v) is 8.15. The SMILES string of the molecule is O=C(O)CCCC(NC(=O)OCC1c2ccccc2-c2ccccc21)NC(=O)OCC1c2ccccc2-c2ccccc21. The first-order valence-electron chi connectivity index (χ1n) is 14.4. The van der Waals surface area contributed by atoms with Gasteiger partial charge in [-0.3, -0.25) is 4.79 Å². The Balaban J connectivity index is 1.08. The molecule has 0 unspecified atom stereocenters. The summed E-state index contributed by atoms with van der Waals surface area (Å²) in [5.74, 6) is -1.18. The number of carboxylic acids is 1. The number of rotatable bonds is 10. The molecule has 0 atom stereocenters. The number of carbonyl (C=O) groups is 3. The minimum atomic E-state index is -0.957. The van der Waals surface area contributed by atoms with Gasteiger partial charge < -0.3 is 25.2 Å². The summed E-state index contributed by atoms with van der Waals surface area (Å²) >= 11 is 0. The molecule has 2 aliphatic carbocycles. The van der Waals surface area contributed by atoms with Crippen molar-refractivity contribution in [3.05, 3.63) is 119 Å². The summed E-state index contributed by atoms with van der Waals surface area (Å²) in [7, 11) is 0. The number of fused-ring (bicyclic) bond motifs is 6. The Morgan fingerprint density at radius 2 is 0.953 bits per heavy atom. The fourth-order valence-corrected chi connectivity index (χ4v) is 6.20. The van der Waals surface area contributed by atoms with Crippen LogP contribution in [0.2, 0.25) is 0 Å². The van der Waals surface area contributed by atoms with E-state index in [1.165, 1.54) is 0 Å². The van der Waals surface area contributed by atoms with Crippen molar-refractivity contribution in [3.8, 4) is 22.3 Å². The lowest BCUT2D eigenvalue weighted by molar-refractivity contribution is -0.137. The predicted molar refractivity (Wildman–Crippen MR) is 162 cm³/mol. The molecule has 8 nitrogen and oxygen atoms in total. The van der Waals surface area contributed by atoms with Crippen LogP contribution in [0.5, 0.6) is 0 Å². The molecule has 0 heterocycles. The molecule has 43 heavy (non-hydrogen) atoms. The van der Waals surface area contributed by atoms with Crippen molar-refractivity contribution < 1.29 is 29.0 Å². The quantitative estimate of drug-likeness (QED) is 0.182. The molecule has 6 rings (SSSR count). The summed E-state index contributed by atoms with van der Waals surface area (Å²) in [6.45, 7) is 0.235. The maximum absolute atomic E-state index is 12.9. The summed E-state index contributed by atoms with van der Waals surface area (Å²) in [6.07, 6.45) is -1.95. The topological polar surface area (TPSA) is 114 Å². The maximum atomic E-state index is 12.9. The van der Waals surface area contributed by atoms with Gasteiger partial charge in [0.05, 0.1) is 0 Å². The van der Waals surface area contributed by atoms with E-state index in [2.05, 4.69) is 34.9 Å². The van der Waals surface area contributed by atoms with Crippen molar-refractivity contribution in [2.24, 2.45) is 0 Å². The Kier molecular flexibility index (Phi) is 8.09. The lowest BCUT2D eigenvalue weighted by atomic mass is 9.98. The van der Waals surface area contributed by atoms with Crippen molar-refractivity contribution in [3.63, 3.8) is 0 Å². The second-order valence-corrected chi connectivity index (χ2v) is 10.8. The highest BCUT2D eigenvalue weighted by atomic mass is 16.6. The van der Waals surface area contributed by atoms with Crippen molar-refractivity contribution in [1.29, 1.82) is 0 Å². The van der Waals surface area contributed by atoms with E-state index in [1.54, 1.807) is 0 Å². The van der Waals surface area contributed by atoms with Crippen LogP contribution in [0.15, 0.2) is 97.1 Å². The van der Waals surface area contributed by atoms with Crippen LogP contribution in [0.4, 0.5) is 9.59 Å². The number of carbonyl (C=O) groups excluding carboxylic acids is 2. The minimum absolute atomic E-state index is 0.102. The molecule has 4 aromatic carbocycles. The van der Waals surface area contributed by atoms with Gasteiger partial charge in [0.1, 0.15) is 19.4 Å². The van der Waals surface area contributed by atoms with E-state index in [0.717, 1.165) is 44.5 Å². The number of alkyl carbamates (subject to hydrolysis) is 2. The number of nitrogens with one attached hydrogen (secondary N) is 2. The van der Waals surface area contributed by atoms with Crippen molar-refractivity contribution in [1.82, 2.24) is 10.6 Å². The number of benzene rings is 4. The van der Waals surface area contributed by atoms with E-state index in [9.17, 15) is 14.4 Å². The minimum Gasteiger partial charge on any atom is -0.481 e. The molecule has 0 radical (unpaired) electrons. The normalized spacial score (nSPS) is 13.0. The fourth-order valence-electron chi connectivity index (χ4n) is 6.20. The second-order valence-electron chi connectivity index (χ2n) is 10.8. The van der Waals surface area contributed by atoms with E-state index in [1.807, 2.05) is 72.8 Å².